The summed E-state index contributed by atoms with van der Waals surface area (Å²) in [5.41, 5.74) is 0. The maximum absolute atomic E-state index is 8.44. The van der Waals surface area contributed by atoms with E-state index < -0.39 is 6.29 Å². The second-order valence-electron chi connectivity index (χ2n) is 1.68. The number of ether oxygens (including phenoxy) is 2. The molecule has 3 nitrogen and oxygen atoms in total. The van der Waals surface area contributed by atoms with E-state index in [0.29, 0.717) is 6.42 Å². The van der Waals surface area contributed by atoms with Gasteiger partial charge in [-0.25, -0.2) is 0 Å². The molecular formula is C7H18O3. The summed E-state index contributed by atoms with van der Waals surface area (Å²) in [6.07, 6.45) is 0.0984. The van der Waals surface area contributed by atoms with E-state index in [4.69, 9.17) is 5.11 Å². The van der Waals surface area contributed by atoms with Gasteiger partial charge in [-0.3, -0.25) is 0 Å². The zero-order chi connectivity index (χ0) is 8.41. The van der Waals surface area contributed by atoms with Crippen LogP contribution in [0.5, 0.6) is 0 Å². The maximum atomic E-state index is 8.44. The van der Waals surface area contributed by atoms with E-state index >= 15 is 0 Å². The van der Waals surface area contributed by atoms with Crippen LogP contribution < -0.4 is 0 Å². The third-order valence-corrected chi connectivity index (χ3v) is 0.910. The van der Waals surface area contributed by atoms with Crippen molar-refractivity contribution in [1.82, 2.24) is 0 Å². The average Bonchev–Trinajstić information content (AvgIpc) is 2.03. The quantitative estimate of drug-likeness (QED) is 0.610. The fourth-order valence-corrected chi connectivity index (χ4v) is 0.167. The molecule has 0 aromatic carbocycles. The Balaban J connectivity index is 0. The van der Waals surface area contributed by atoms with Crippen LogP contribution in [0.2, 0.25) is 0 Å². The first-order chi connectivity index (χ1) is 4.72. The second-order valence-corrected chi connectivity index (χ2v) is 1.68. The largest absolute Gasteiger partial charge is 0.385 e. The van der Waals surface area contributed by atoms with E-state index in [1.165, 1.54) is 7.11 Å². The molecule has 0 amide bonds. The molecule has 0 spiro atoms. The van der Waals surface area contributed by atoms with Gasteiger partial charge in [-0.05, 0) is 13.3 Å². The third-order valence-electron chi connectivity index (χ3n) is 0.910. The van der Waals surface area contributed by atoms with Crippen LogP contribution in [0.15, 0.2) is 0 Å². The summed E-state index contributed by atoms with van der Waals surface area (Å²) in [4.78, 5) is 0. The molecule has 0 aliphatic carbocycles. The lowest BCUT2D eigenvalue weighted by Crippen LogP contribution is -2.05. The fourth-order valence-electron chi connectivity index (χ4n) is 0.167. The van der Waals surface area contributed by atoms with Gasteiger partial charge in [0.25, 0.3) is 0 Å². The molecule has 0 saturated heterocycles. The molecule has 64 valence electrons. The number of rotatable bonds is 3. The molecule has 0 heterocycles. The lowest BCUT2D eigenvalue weighted by molar-refractivity contribution is -0.0748. The minimum Gasteiger partial charge on any atom is -0.385 e. The summed E-state index contributed by atoms with van der Waals surface area (Å²) < 4.78 is 9.00. The molecule has 0 aliphatic heterocycles. The number of hydrogen-bond donors (Lipinski definition) is 1. The highest BCUT2D eigenvalue weighted by Gasteiger charge is 1.90. The van der Waals surface area contributed by atoms with Gasteiger partial charge in [0, 0.05) is 20.8 Å². The normalized spacial score (nSPS) is 11.7. The van der Waals surface area contributed by atoms with E-state index in [1.54, 1.807) is 7.11 Å². The van der Waals surface area contributed by atoms with Crippen molar-refractivity contribution in [2.24, 2.45) is 0 Å². The lowest BCUT2D eigenvalue weighted by atomic mass is 10.5. The third kappa shape index (κ3) is 15.7. The van der Waals surface area contributed by atoms with Crippen molar-refractivity contribution in [2.45, 2.75) is 26.6 Å². The zero-order valence-electron chi connectivity index (χ0n) is 7.26. The van der Waals surface area contributed by atoms with Crippen LogP contribution in [-0.2, 0) is 9.47 Å². The summed E-state index contributed by atoms with van der Waals surface area (Å²) in [5.74, 6) is 0. The molecule has 1 unspecified atom stereocenters. The summed E-state index contributed by atoms with van der Waals surface area (Å²) in [7, 11) is 3.16. The zero-order valence-corrected chi connectivity index (χ0v) is 7.26. The Kier molecular flexibility index (Phi) is 14.6. The Morgan fingerprint density at radius 3 is 1.70 bits per heavy atom. The van der Waals surface area contributed by atoms with Crippen molar-refractivity contribution < 1.29 is 14.6 Å². The molecule has 0 bridgehead atoms. The van der Waals surface area contributed by atoms with Crippen molar-refractivity contribution in [3.63, 3.8) is 0 Å². The molecule has 0 radical (unpaired) electrons. The summed E-state index contributed by atoms with van der Waals surface area (Å²) in [6, 6.07) is 0. The van der Waals surface area contributed by atoms with Crippen molar-refractivity contribution in [3.05, 3.63) is 0 Å². The van der Waals surface area contributed by atoms with Gasteiger partial charge in [-0.15, -0.1) is 0 Å². The van der Waals surface area contributed by atoms with Gasteiger partial charge in [0.2, 0.25) is 0 Å². The molecule has 0 aliphatic rings. The maximum Gasteiger partial charge on any atom is 0.153 e. The van der Waals surface area contributed by atoms with Crippen LogP contribution in [0.1, 0.15) is 20.3 Å². The highest BCUT2D eigenvalue weighted by Crippen LogP contribution is 1.85. The Bertz CT molecular complexity index is 42.1. The number of methoxy groups -OCH3 is 2. The van der Waals surface area contributed by atoms with Gasteiger partial charge >= 0.3 is 0 Å². The van der Waals surface area contributed by atoms with Gasteiger partial charge in [0.15, 0.2) is 6.29 Å². The van der Waals surface area contributed by atoms with Crippen LogP contribution in [0.4, 0.5) is 0 Å². The molecule has 3 heteroatoms. The first-order valence-corrected chi connectivity index (χ1v) is 3.42. The molecule has 10 heavy (non-hydrogen) atoms. The van der Waals surface area contributed by atoms with Crippen LogP contribution in [0, 0.1) is 0 Å². The average molecular weight is 150 g/mol. The van der Waals surface area contributed by atoms with Crippen LogP contribution in [0.3, 0.4) is 0 Å². The lowest BCUT2D eigenvalue weighted by Gasteiger charge is -2.00. The van der Waals surface area contributed by atoms with Gasteiger partial charge in [-0.2, -0.15) is 0 Å². The molecular weight excluding hydrogens is 132 g/mol. The van der Waals surface area contributed by atoms with Gasteiger partial charge in [-0.1, -0.05) is 6.92 Å². The minimum atomic E-state index is -0.565. The smallest absolute Gasteiger partial charge is 0.153 e. The Hall–Kier alpha value is -0.120. The number of aliphatic hydroxyl groups is 1. The predicted octanol–water partition coefficient (Wildman–Crippen LogP) is 1.01. The standard InChI is InChI=1S/C4H10O2.C3H8O/c1-3-4(5)6-2;1-3-4-2/h4-5H,3H2,1-2H3;3H2,1-2H3. The topological polar surface area (TPSA) is 38.7 Å². The van der Waals surface area contributed by atoms with Gasteiger partial charge < -0.3 is 14.6 Å². The first-order valence-electron chi connectivity index (χ1n) is 3.42. The summed E-state index contributed by atoms with van der Waals surface area (Å²) in [6.45, 7) is 4.63. The number of hydrogen-bond acceptors (Lipinski definition) is 3. The SMILES string of the molecule is CCC(O)OC.CCOC. The van der Waals surface area contributed by atoms with E-state index in [0.717, 1.165) is 6.61 Å². The molecule has 1 N–H and O–H groups in total. The summed E-state index contributed by atoms with van der Waals surface area (Å²) >= 11 is 0. The minimum absolute atomic E-state index is 0.565. The van der Waals surface area contributed by atoms with E-state index in [-0.39, 0.29) is 0 Å². The van der Waals surface area contributed by atoms with Gasteiger partial charge in [0.1, 0.15) is 0 Å². The van der Waals surface area contributed by atoms with E-state index in [9.17, 15) is 0 Å². The van der Waals surface area contributed by atoms with Crippen LogP contribution >= 0.6 is 0 Å². The molecule has 0 fully saturated rings. The van der Waals surface area contributed by atoms with Crippen molar-refractivity contribution in [3.8, 4) is 0 Å². The molecule has 0 aromatic rings. The van der Waals surface area contributed by atoms with Crippen LogP contribution in [0.25, 0.3) is 0 Å². The van der Waals surface area contributed by atoms with Crippen molar-refractivity contribution >= 4 is 0 Å². The Morgan fingerprint density at radius 1 is 1.30 bits per heavy atom. The Labute approximate surface area is 63.0 Å². The molecule has 0 aromatic heterocycles. The molecule has 1 atom stereocenters. The molecule has 0 rings (SSSR count). The van der Waals surface area contributed by atoms with Crippen LogP contribution in [-0.4, -0.2) is 32.2 Å². The van der Waals surface area contributed by atoms with Crippen molar-refractivity contribution in [1.29, 1.82) is 0 Å². The fraction of sp³-hybridized carbons (Fsp3) is 1.00. The highest BCUT2D eigenvalue weighted by molar-refractivity contribution is 4.26. The second kappa shape index (κ2) is 11.6. The monoisotopic (exact) mass is 150 g/mol. The van der Waals surface area contributed by atoms with Gasteiger partial charge in [0.05, 0.1) is 0 Å². The first kappa shape index (κ1) is 12.5. The summed E-state index contributed by atoms with van der Waals surface area (Å²) in [5, 5.41) is 8.44. The van der Waals surface area contributed by atoms with E-state index in [2.05, 4.69) is 9.47 Å². The Morgan fingerprint density at radius 2 is 1.70 bits per heavy atom. The number of aliphatic hydroxyl groups excluding tert-OH is 1. The highest BCUT2D eigenvalue weighted by atomic mass is 16.6. The predicted molar refractivity (Wildman–Crippen MR) is 40.9 cm³/mol. The van der Waals surface area contributed by atoms with Crippen molar-refractivity contribution in [2.75, 3.05) is 20.8 Å². The van der Waals surface area contributed by atoms with E-state index in [1.807, 2.05) is 13.8 Å². The molecule has 0 saturated carbocycles.